The molecule has 25 heavy (non-hydrogen) atoms. The summed E-state index contributed by atoms with van der Waals surface area (Å²) in [7, 11) is 4.72. The van der Waals surface area contributed by atoms with E-state index in [1.165, 1.54) is 11.6 Å². The number of nitrogens with zero attached hydrogens (tertiary/aromatic N) is 4. The maximum atomic E-state index is 12.3. The van der Waals surface area contributed by atoms with Crippen LogP contribution in [-0.4, -0.2) is 22.2 Å². The van der Waals surface area contributed by atoms with Gasteiger partial charge in [0, 0.05) is 38.1 Å². The first-order chi connectivity index (χ1) is 11.7. The van der Waals surface area contributed by atoms with Gasteiger partial charge in [-0.05, 0) is 24.6 Å². The normalized spacial score (nSPS) is 13.2. The molecule has 0 spiro atoms. The van der Waals surface area contributed by atoms with Gasteiger partial charge in [0.2, 0.25) is 0 Å². The van der Waals surface area contributed by atoms with Crippen molar-refractivity contribution < 1.29 is 0 Å². The minimum absolute atomic E-state index is 0.0396. The molecule has 0 saturated heterocycles. The summed E-state index contributed by atoms with van der Waals surface area (Å²) in [4.78, 5) is 26.3. The maximum Gasteiger partial charge on any atom is 0.332 e. The van der Waals surface area contributed by atoms with Crippen LogP contribution in [0.4, 0.5) is 5.82 Å². The van der Waals surface area contributed by atoms with Crippen LogP contribution in [0.5, 0.6) is 0 Å². The summed E-state index contributed by atoms with van der Waals surface area (Å²) >= 11 is 5.94. The van der Waals surface area contributed by atoms with Crippen molar-refractivity contribution in [3.63, 3.8) is 0 Å². The van der Waals surface area contributed by atoms with Crippen molar-refractivity contribution in [3.8, 4) is 6.07 Å². The molecule has 2 aromatic rings. The molecule has 2 atom stereocenters. The maximum absolute atomic E-state index is 12.3. The van der Waals surface area contributed by atoms with Gasteiger partial charge in [0.15, 0.2) is 5.56 Å². The molecule has 1 aromatic carbocycles. The van der Waals surface area contributed by atoms with E-state index in [9.17, 15) is 14.9 Å². The standard InChI is InChI=1S/C18H21ClN4O2/c1-11(13-6-8-14(19)9-7-13)12(2)21(3)16-15(10-20)17(24)23(5)18(25)22(16)4/h6-9,11-12H,1-5H3/t11-,12-/m1/s1. The minimum Gasteiger partial charge on any atom is -0.356 e. The predicted octanol–water partition coefficient (Wildman–Crippen LogP) is 2.24. The number of hydrogen-bond acceptors (Lipinski definition) is 4. The summed E-state index contributed by atoms with van der Waals surface area (Å²) in [5, 5.41) is 10.1. The summed E-state index contributed by atoms with van der Waals surface area (Å²) in [6.07, 6.45) is 0. The zero-order valence-electron chi connectivity index (χ0n) is 14.9. The second-order valence-corrected chi connectivity index (χ2v) is 6.64. The molecule has 1 heterocycles. The summed E-state index contributed by atoms with van der Waals surface area (Å²) in [5.41, 5.74) is -0.00524. The van der Waals surface area contributed by atoms with E-state index in [4.69, 9.17) is 11.6 Å². The van der Waals surface area contributed by atoms with Crippen molar-refractivity contribution in [1.82, 2.24) is 9.13 Å². The van der Waals surface area contributed by atoms with Crippen LogP contribution in [0.3, 0.4) is 0 Å². The zero-order chi connectivity index (χ0) is 18.9. The smallest absolute Gasteiger partial charge is 0.332 e. The van der Waals surface area contributed by atoms with E-state index in [1.807, 2.05) is 37.3 Å². The summed E-state index contributed by atoms with van der Waals surface area (Å²) in [6, 6.07) is 9.44. The number of aromatic nitrogens is 2. The summed E-state index contributed by atoms with van der Waals surface area (Å²) in [5.74, 6) is 0.414. The lowest BCUT2D eigenvalue weighted by Crippen LogP contribution is -2.44. The molecule has 0 bridgehead atoms. The monoisotopic (exact) mass is 360 g/mol. The fraction of sp³-hybridized carbons (Fsp3) is 0.389. The van der Waals surface area contributed by atoms with Crippen LogP contribution in [-0.2, 0) is 14.1 Å². The van der Waals surface area contributed by atoms with E-state index < -0.39 is 11.2 Å². The van der Waals surface area contributed by atoms with Crippen LogP contribution in [0, 0.1) is 11.3 Å². The quantitative estimate of drug-likeness (QED) is 0.838. The molecular formula is C18H21ClN4O2. The molecule has 0 radical (unpaired) electrons. The Kier molecular flexibility index (Phi) is 5.39. The molecule has 0 aliphatic carbocycles. The third-order valence-corrected chi connectivity index (χ3v) is 5.06. The predicted molar refractivity (Wildman–Crippen MR) is 99.4 cm³/mol. The molecule has 0 amide bonds. The molecule has 2 rings (SSSR count). The highest BCUT2D eigenvalue weighted by molar-refractivity contribution is 6.30. The van der Waals surface area contributed by atoms with E-state index >= 15 is 0 Å². The second kappa shape index (κ2) is 7.16. The number of benzene rings is 1. The Labute approximate surface area is 151 Å². The zero-order valence-corrected chi connectivity index (χ0v) is 15.7. The van der Waals surface area contributed by atoms with Gasteiger partial charge in [-0.1, -0.05) is 30.7 Å². The van der Waals surface area contributed by atoms with Crippen molar-refractivity contribution in [2.45, 2.75) is 25.8 Å². The van der Waals surface area contributed by atoms with E-state index in [1.54, 1.807) is 19.0 Å². The highest BCUT2D eigenvalue weighted by atomic mass is 35.5. The van der Waals surface area contributed by atoms with Gasteiger partial charge in [-0.2, -0.15) is 5.26 Å². The molecule has 7 heteroatoms. The first kappa shape index (κ1) is 18.8. The molecule has 132 valence electrons. The second-order valence-electron chi connectivity index (χ2n) is 6.21. The topological polar surface area (TPSA) is 71.0 Å². The summed E-state index contributed by atoms with van der Waals surface area (Å²) in [6.45, 7) is 4.04. The van der Waals surface area contributed by atoms with Gasteiger partial charge in [0.05, 0.1) is 0 Å². The van der Waals surface area contributed by atoms with Crippen LogP contribution in [0.1, 0.15) is 30.9 Å². The third kappa shape index (κ3) is 3.33. The Morgan fingerprint density at radius 1 is 1.12 bits per heavy atom. The average Bonchev–Trinajstić information content (AvgIpc) is 2.61. The van der Waals surface area contributed by atoms with E-state index in [-0.39, 0.29) is 17.5 Å². The molecule has 0 saturated carbocycles. The fourth-order valence-corrected chi connectivity index (χ4v) is 3.04. The lowest BCUT2D eigenvalue weighted by atomic mass is 9.93. The van der Waals surface area contributed by atoms with Crippen molar-refractivity contribution in [2.75, 3.05) is 11.9 Å². The van der Waals surface area contributed by atoms with Gasteiger partial charge in [-0.15, -0.1) is 0 Å². The Morgan fingerprint density at radius 3 is 2.20 bits per heavy atom. The first-order valence-electron chi connectivity index (χ1n) is 7.89. The van der Waals surface area contributed by atoms with Crippen LogP contribution in [0.2, 0.25) is 5.02 Å². The molecule has 0 aliphatic rings. The van der Waals surface area contributed by atoms with Crippen LogP contribution in [0.15, 0.2) is 33.9 Å². The SMILES string of the molecule is C[C@H]([C@@H](C)c1ccc(Cl)cc1)N(C)c1c(C#N)c(=O)n(C)c(=O)n1C. The first-order valence-corrected chi connectivity index (χ1v) is 8.26. The summed E-state index contributed by atoms with van der Waals surface area (Å²) < 4.78 is 2.29. The van der Waals surface area contributed by atoms with Gasteiger partial charge in [0.1, 0.15) is 11.9 Å². The third-order valence-electron chi connectivity index (χ3n) is 4.81. The number of anilines is 1. The number of hydrogen-bond donors (Lipinski definition) is 0. The lowest BCUT2D eigenvalue weighted by molar-refractivity contribution is 0.557. The molecule has 0 aliphatic heterocycles. The van der Waals surface area contributed by atoms with E-state index in [2.05, 4.69) is 6.92 Å². The van der Waals surface area contributed by atoms with Gasteiger partial charge >= 0.3 is 5.69 Å². The largest absolute Gasteiger partial charge is 0.356 e. The fourth-order valence-electron chi connectivity index (χ4n) is 2.92. The highest BCUT2D eigenvalue weighted by Crippen LogP contribution is 2.27. The Morgan fingerprint density at radius 2 is 1.68 bits per heavy atom. The minimum atomic E-state index is -0.584. The molecule has 1 aromatic heterocycles. The Bertz CT molecular complexity index is 938. The number of nitriles is 1. The number of halogens is 1. The lowest BCUT2D eigenvalue weighted by Gasteiger charge is -2.33. The average molecular weight is 361 g/mol. The number of rotatable bonds is 4. The Hall–Kier alpha value is -2.52. The van der Waals surface area contributed by atoms with Crippen LogP contribution in [0.25, 0.3) is 0 Å². The van der Waals surface area contributed by atoms with Crippen molar-refractivity contribution in [2.24, 2.45) is 14.1 Å². The van der Waals surface area contributed by atoms with E-state index in [0.29, 0.717) is 10.8 Å². The highest BCUT2D eigenvalue weighted by Gasteiger charge is 2.25. The van der Waals surface area contributed by atoms with Gasteiger partial charge in [0.25, 0.3) is 5.56 Å². The number of likely N-dealkylation sites (N-methyl/N-ethyl adjacent to an activating group) is 1. The van der Waals surface area contributed by atoms with Crippen molar-refractivity contribution in [1.29, 1.82) is 5.26 Å². The molecule has 0 unspecified atom stereocenters. The van der Waals surface area contributed by atoms with Crippen molar-refractivity contribution in [3.05, 3.63) is 61.3 Å². The van der Waals surface area contributed by atoms with Crippen LogP contribution < -0.4 is 16.1 Å². The Balaban J connectivity index is 2.52. The van der Waals surface area contributed by atoms with Gasteiger partial charge < -0.3 is 4.90 Å². The van der Waals surface area contributed by atoms with Gasteiger partial charge in [-0.25, -0.2) is 4.79 Å². The van der Waals surface area contributed by atoms with Crippen LogP contribution >= 0.6 is 11.6 Å². The van der Waals surface area contributed by atoms with E-state index in [0.717, 1.165) is 10.1 Å². The molecular weight excluding hydrogens is 340 g/mol. The molecule has 0 fully saturated rings. The van der Waals surface area contributed by atoms with Crippen molar-refractivity contribution >= 4 is 17.4 Å². The molecule has 6 nitrogen and oxygen atoms in total. The molecule has 0 N–H and O–H groups in total. The van der Waals surface area contributed by atoms with Gasteiger partial charge in [-0.3, -0.25) is 13.9 Å².